The van der Waals surface area contributed by atoms with E-state index in [0.717, 1.165) is 0 Å². The van der Waals surface area contributed by atoms with Crippen LogP contribution in [0.3, 0.4) is 0 Å². The van der Waals surface area contributed by atoms with Crippen LogP contribution in [0.2, 0.25) is 0 Å². The fourth-order valence-electron chi connectivity index (χ4n) is 0.660. The van der Waals surface area contributed by atoms with Gasteiger partial charge in [-0.15, -0.1) is 6.54 Å². The molecule has 1 rings (SSSR count). The number of para-hydroxylation sites is 1. The van der Waals surface area contributed by atoms with Gasteiger partial charge in [-0.05, 0) is 11.6 Å². The maximum absolute atomic E-state index is 8.99. The number of aromatic hydroxyl groups is 1. The van der Waals surface area contributed by atoms with Gasteiger partial charge in [-0.25, -0.2) is 0 Å². The molecule has 0 amide bonds. The number of hydrogen-bond acceptors (Lipinski definition) is 1. The SMILES string of the molecule is [NH-]Cc1ccccc1O.[Ni]. The van der Waals surface area contributed by atoms with Gasteiger partial charge < -0.3 is 10.8 Å². The molecule has 3 heteroatoms. The van der Waals surface area contributed by atoms with Gasteiger partial charge in [-0.1, -0.05) is 18.2 Å². The topological polar surface area (TPSA) is 44.0 Å². The van der Waals surface area contributed by atoms with E-state index in [2.05, 4.69) is 0 Å². The van der Waals surface area contributed by atoms with Crippen LogP contribution in [0.1, 0.15) is 5.56 Å². The second kappa shape index (κ2) is 4.31. The predicted molar refractivity (Wildman–Crippen MR) is 36.1 cm³/mol. The van der Waals surface area contributed by atoms with Crippen molar-refractivity contribution in [2.24, 2.45) is 0 Å². The van der Waals surface area contributed by atoms with Gasteiger partial charge in [0.25, 0.3) is 0 Å². The molecule has 0 saturated carbocycles. The number of rotatable bonds is 1. The molecule has 0 aliphatic carbocycles. The van der Waals surface area contributed by atoms with E-state index in [1.165, 1.54) is 0 Å². The third kappa shape index (κ3) is 2.01. The summed E-state index contributed by atoms with van der Waals surface area (Å²) < 4.78 is 0. The monoisotopic (exact) mass is 180 g/mol. The zero-order chi connectivity index (χ0) is 6.69. The van der Waals surface area contributed by atoms with Gasteiger partial charge in [0.05, 0.1) is 0 Å². The Kier molecular flexibility index (Phi) is 4.09. The summed E-state index contributed by atoms with van der Waals surface area (Å²) in [4.78, 5) is 0. The summed E-state index contributed by atoms with van der Waals surface area (Å²) in [7, 11) is 0. The van der Waals surface area contributed by atoms with Crippen LogP contribution in [-0.2, 0) is 23.0 Å². The van der Waals surface area contributed by atoms with Crippen molar-refractivity contribution in [2.75, 3.05) is 0 Å². The third-order valence-electron chi connectivity index (χ3n) is 1.18. The van der Waals surface area contributed by atoms with Crippen LogP contribution in [-0.4, -0.2) is 5.11 Å². The molecule has 0 saturated heterocycles. The number of phenols is 1. The van der Waals surface area contributed by atoms with Crippen LogP contribution in [0.15, 0.2) is 24.3 Å². The average molecular weight is 181 g/mol. The van der Waals surface area contributed by atoms with E-state index in [4.69, 9.17) is 10.8 Å². The van der Waals surface area contributed by atoms with Crippen molar-refractivity contribution in [2.45, 2.75) is 6.54 Å². The number of nitrogens with one attached hydrogen (secondary N) is 1. The maximum Gasteiger partial charge on any atom is 0.116 e. The Morgan fingerprint density at radius 2 is 1.90 bits per heavy atom. The molecule has 0 bridgehead atoms. The van der Waals surface area contributed by atoms with E-state index in [1.54, 1.807) is 18.2 Å². The molecule has 2 nitrogen and oxygen atoms in total. The molecule has 0 aliphatic rings. The van der Waals surface area contributed by atoms with Crippen LogP contribution in [0, 0.1) is 0 Å². The van der Waals surface area contributed by atoms with Crippen LogP contribution in [0.4, 0.5) is 0 Å². The van der Waals surface area contributed by atoms with E-state index >= 15 is 0 Å². The molecular weight excluding hydrogens is 173 g/mol. The van der Waals surface area contributed by atoms with Crippen molar-refractivity contribution in [3.63, 3.8) is 0 Å². The average Bonchev–Trinajstić information content (AvgIpc) is 1.89. The zero-order valence-electron chi connectivity index (χ0n) is 5.28. The Hall–Kier alpha value is -0.526. The van der Waals surface area contributed by atoms with Crippen molar-refractivity contribution in [1.29, 1.82) is 0 Å². The standard InChI is InChI=1S/C7H8NO.Ni/c8-5-6-3-1-2-4-7(6)9;/h1-4,8-9H,5H2;/q-1;. The van der Waals surface area contributed by atoms with Crippen LogP contribution in [0.25, 0.3) is 5.73 Å². The van der Waals surface area contributed by atoms with E-state index in [-0.39, 0.29) is 28.8 Å². The third-order valence-corrected chi connectivity index (χ3v) is 1.18. The van der Waals surface area contributed by atoms with Gasteiger partial charge in [0, 0.05) is 16.5 Å². The minimum atomic E-state index is 0. The fourth-order valence-corrected chi connectivity index (χ4v) is 0.660. The first kappa shape index (κ1) is 9.47. The van der Waals surface area contributed by atoms with Gasteiger partial charge >= 0.3 is 0 Å². The Bertz CT molecular complexity index is 203. The molecule has 0 radical (unpaired) electrons. The zero-order valence-corrected chi connectivity index (χ0v) is 6.27. The predicted octanol–water partition coefficient (Wildman–Crippen LogP) is 1.94. The molecule has 0 heterocycles. The molecule has 0 unspecified atom stereocenters. The van der Waals surface area contributed by atoms with Crippen LogP contribution < -0.4 is 0 Å². The van der Waals surface area contributed by atoms with Crippen molar-refractivity contribution in [3.05, 3.63) is 35.6 Å². The second-order valence-electron chi connectivity index (χ2n) is 1.81. The summed E-state index contributed by atoms with van der Waals surface area (Å²) >= 11 is 0. The minimum Gasteiger partial charge on any atom is -0.674 e. The maximum atomic E-state index is 8.99. The normalized spacial score (nSPS) is 8.50. The van der Waals surface area contributed by atoms with Gasteiger partial charge in [0.15, 0.2) is 0 Å². The second-order valence-corrected chi connectivity index (χ2v) is 1.81. The first-order valence-electron chi connectivity index (χ1n) is 2.76. The smallest absolute Gasteiger partial charge is 0.116 e. The molecule has 58 valence electrons. The molecule has 0 spiro atoms. The fraction of sp³-hybridized carbons (Fsp3) is 0.143. The molecule has 0 fully saturated rings. The van der Waals surface area contributed by atoms with E-state index in [1.807, 2.05) is 6.07 Å². The van der Waals surface area contributed by atoms with Crippen LogP contribution in [0.5, 0.6) is 5.75 Å². The van der Waals surface area contributed by atoms with Gasteiger partial charge in [-0.3, -0.25) is 0 Å². The quantitative estimate of drug-likeness (QED) is 0.660. The molecule has 2 N–H and O–H groups in total. The van der Waals surface area contributed by atoms with Gasteiger partial charge in [-0.2, -0.15) is 0 Å². The van der Waals surface area contributed by atoms with Gasteiger partial charge in [0.2, 0.25) is 0 Å². The van der Waals surface area contributed by atoms with Crippen molar-refractivity contribution >= 4 is 0 Å². The van der Waals surface area contributed by atoms with Gasteiger partial charge in [0.1, 0.15) is 5.75 Å². The molecule has 0 atom stereocenters. The first-order valence-corrected chi connectivity index (χ1v) is 2.76. The number of phenolic OH excluding ortho intramolecular Hbond substituents is 1. The van der Waals surface area contributed by atoms with Crippen molar-refractivity contribution in [1.82, 2.24) is 0 Å². The summed E-state index contributed by atoms with van der Waals surface area (Å²) in [5, 5.41) is 8.99. The first-order chi connectivity index (χ1) is 4.34. The van der Waals surface area contributed by atoms with E-state index in [9.17, 15) is 0 Å². The van der Waals surface area contributed by atoms with Crippen molar-refractivity contribution in [3.8, 4) is 5.75 Å². The Balaban J connectivity index is 0.000000810. The largest absolute Gasteiger partial charge is 0.674 e. The summed E-state index contributed by atoms with van der Waals surface area (Å²) in [6.07, 6.45) is 0. The number of hydrogen-bond donors (Lipinski definition) is 1. The van der Waals surface area contributed by atoms with E-state index < -0.39 is 0 Å². The Morgan fingerprint density at radius 3 is 2.30 bits per heavy atom. The summed E-state index contributed by atoms with van der Waals surface area (Å²) in [6.45, 7) is 0.146. The summed E-state index contributed by atoms with van der Waals surface area (Å²) in [5.41, 5.74) is 7.60. The summed E-state index contributed by atoms with van der Waals surface area (Å²) in [6, 6.07) is 6.88. The molecule has 1 aromatic rings. The Labute approximate surface area is 70.0 Å². The Morgan fingerprint density at radius 1 is 1.30 bits per heavy atom. The summed E-state index contributed by atoms with van der Waals surface area (Å²) in [5.74, 6) is 0.215. The number of benzene rings is 1. The van der Waals surface area contributed by atoms with Crippen molar-refractivity contribution < 1.29 is 21.6 Å². The minimum absolute atomic E-state index is 0. The van der Waals surface area contributed by atoms with E-state index in [0.29, 0.717) is 5.56 Å². The molecule has 1 aromatic carbocycles. The van der Waals surface area contributed by atoms with Crippen LogP contribution >= 0.6 is 0 Å². The molecule has 10 heavy (non-hydrogen) atoms. The molecule has 0 aliphatic heterocycles. The molecular formula is C7H8NNiO-. The molecule has 0 aromatic heterocycles.